The molecule has 0 unspecified atom stereocenters. The molecule has 112 valence electrons. The first kappa shape index (κ1) is 15.4. The standard InChI is InChI=1S/C13H14N2O5S/c16-8-6-11(13(17)18)15-21(19,20)12-5-1-4-10-9(12)3-2-7-14-10/h1-5,7,11,15-16H,6,8H2,(H,17,18)/t11-/m1/s1. The summed E-state index contributed by atoms with van der Waals surface area (Å²) < 4.78 is 26.8. The van der Waals surface area contributed by atoms with E-state index in [-0.39, 0.29) is 11.3 Å². The maximum absolute atomic E-state index is 12.4. The Bertz CT molecular complexity index is 755. The van der Waals surface area contributed by atoms with Crippen LogP contribution in [-0.2, 0) is 14.8 Å². The Morgan fingerprint density at radius 1 is 1.29 bits per heavy atom. The second-order valence-corrected chi connectivity index (χ2v) is 6.03. The molecule has 1 heterocycles. The number of benzene rings is 1. The van der Waals surface area contributed by atoms with Crippen LogP contribution in [0, 0.1) is 0 Å². The number of hydrogen-bond acceptors (Lipinski definition) is 5. The molecule has 0 fully saturated rings. The highest BCUT2D eigenvalue weighted by Crippen LogP contribution is 2.21. The van der Waals surface area contributed by atoms with Crippen molar-refractivity contribution in [1.82, 2.24) is 9.71 Å². The number of aliphatic hydroxyl groups excluding tert-OH is 1. The molecule has 1 atom stereocenters. The molecule has 0 aliphatic rings. The minimum absolute atomic E-state index is 0.0442. The Labute approximate surface area is 121 Å². The van der Waals surface area contributed by atoms with Gasteiger partial charge in [-0.3, -0.25) is 9.78 Å². The van der Waals surface area contributed by atoms with Crippen LogP contribution in [0.1, 0.15) is 6.42 Å². The Hall–Kier alpha value is -2.03. The summed E-state index contributed by atoms with van der Waals surface area (Å²) in [7, 11) is -4.04. The number of nitrogens with zero attached hydrogens (tertiary/aromatic N) is 1. The molecule has 8 heteroatoms. The lowest BCUT2D eigenvalue weighted by Gasteiger charge is -2.14. The van der Waals surface area contributed by atoms with Gasteiger partial charge in [0.1, 0.15) is 6.04 Å². The van der Waals surface area contributed by atoms with Crippen molar-refractivity contribution < 1.29 is 23.4 Å². The summed E-state index contributed by atoms with van der Waals surface area (Å²) in [5.74, 6) is -1.34. The number of carboxylic acid groups (broad SMARTS) is 1. The van der Waals surface area contributed by atoms with Gasteiger partial charge in [0.2, 0.25) is 10.0 Å². The highest BCUT2D eigenvalue weighted by Gasteiger charge is 2.26. The summed E-state index contributed by atoms with van der Waals surface area (Å²) in [6.45, 7) is -0.434. The average molecular weight is 310 g/mol. The fraction of sp³-hybridized carbons (Fsp3) is 0.231. The molecule has 1 aromatic carbocycles. The zero-order valence-corrected chi connectivity index (χ0v) is 11.7. The number of hydrogen-bond donors (Lipinski definition) is 3. The van der Waals surface area contributed by atoms with Crippen LogP contribution >= 0.6 is 0 Å². The lowest BCUT2D eigenvalue weighted by molar-refractivity contribution is -0.139. The molecule has 2 rings (SSSR count). The van der Waals surface area contributed by atoms with Gasteiger partial charge in [0.05, 0.1) is 10.4 Å². The summed E-state index contributed by atoms with van der Waals surface area (Å²) in [6.07, 6.45) is 1.33. The van der Waals surface area contributed by atoms with Crippen molar-refractivity contribution >= 4 is 26.9 Å². The molecule has 2 aromatic rings. The molecule has 7 nitrogen and oxygen atoms in total. The molecule has 21 heavy (non-hydrogen) atoms. The van der Waals surface area contributed by atoms with Gasteiger partial charge in [-0.2, -0.15) is 4.72 Å². The van der Waals surface area contributed by atoms with Crippen LogP contribution in [0.3, 0.4) is 0 Å². The summed E-state index contributed by atoms with van der Waals surface area (Å²) in [4.78, 5) is 15.0. The molecular formula is C13H14N2O5S. The lowest BCUT2D eigenvalue weighted by Crippen LogP contribution is -2.41. The fourth-order valence-electron chi connectivity index (χ4n) is 1.92. The van der Waals surface area contributed by atoms with Gasteiger partial charge in [0.15, 0.2) is 0 Å². The van der Waals surface area contributed by atoms with Crippen molar-refractivity contribution in [3.8, 4) is 0 Å². The van der Waals surface area contributed by atoms with Crippen LogP contribution in [0.25, 0.3) is 10.9 Å². The smallest absolute Gasteiger partial charge is 0.321 e. The van der Waals surface area contributed by atoms with Crippen molar-refractivity contribution in [3.63, 3.8) is 0 Å². The normalized spacial score (nSPS) is 13.2. The van der Waals surface area contributed by atoms with Crippen molar-refractivity contribution in [2.75, 3.05) is 6.61 Å². The molecule has 3 N–H and O–H groups in total. The van der Waals surface area contributed by atoms with Crippen LogP contribution in [0.15, 0.2) is 41.4 Å². The summed E-state index contributed by atoms with van der Waals surface area (Å²) in [5, 5.41) is 18.2. The van der Waals surface area contributed by atoms with Crippen LogP contribution < -0.4 is 4.72 Å². The molecule has 0 saturated carbocycles. The number of aliphatic hydroxyl groups is 1. The van der Waals surface area contributed by atoms with Gasteiger partial charge in [-0.25, -0.2) is 8.42 Å². The minimum Gasteiger partial charge on any atom is -0.480 e. The molecule has 0 aliphatic carbocycles. The van der Waals surface area contributed by atoms with Gasteiger partial charge >= 0.3 is 5.97 Å². The molecule has 0 radical (unpaired) electrons. The molecule has 0 amide bonds. The highest BCUT2D eigenvalue weighted by atomic mass is 32.2. The van der Waals surface area contributed by atoms with E-state index >= 15 is 0 Å². The van der Waals surface area contributed by atoms with E-state index in [1.165, 1.54) is 18.3 Å². The van der Waals surface area contributed by atoms with E-state index < -0.39 is 28.6 Å². The van der Waals surface area contributed by atoms with Crippen LogP contribution in [0.4, 0.5) is 0 Å². The Morgan fingerprint density at radius 3 is 2.71 bits per heavy atom. The Balaban J connectivity index is 2.44. The zero-order valence-electron chi connectivity index (χ0n) is 10.9. The van der Waals surface area contributed by atoms with Gasteiger partial charge in [-0.1, -0.05) is 6.07 Å². The van der Waals surface area contributed by atoms with Crippen molar-refractivity contribution in [2.45, 2.75) is 17.4 Å². The average Bonchev–Trinajstić information content (AvgIpc) is 2.46. The molecule has 0 bridgehead atoms. The highest BCUT2D eigenvalue weighted by molar-refractivity contribution is 7.89. The SMILES string of the molecule is O=C(O)[C@@H](CCO)NS(=O)(=O)c1cccc2ncccc12. The van der Waals surface area contributed by atoms with Gasteiger partial charge in [0.25, 0.3) is 0 Å². The van der Waals surface area contributed by atoms with Crippen molar-refractivity contribution in [3.05, 3.63) is 36.5 Å². The number of fused-ring (bicyclic) bond motifs is 1. The number of sulfonamides is 1. The van der Waals surface area contributed by atoms with Gasteiger partial charge in [-0.15, -0.1) is 0 Å². The first-order chi connectivity index (χ1) is 9.95. The molecule has 0 spiro atoms. The van der Waals surface area contributed by atoms with E-state index in [0.29, 0.717) is 10.9 Å². The fourth-order valence-corrected chi connectivity index (χ4v) is 3.36. The Kier molecular flexibility index (Phi) is 4.51. The summed E-state index contributed by atoms with van der Waals surface area (Å²) in [6, 6.07) is 6.39. The van der Waals surface area contributed by atoms with Gasteiger partial charge in [-0.05, 0) is 30.7 Å². The number of rotatable bonds is 6. The van der Waals surface area contributed by atoms with E-state index in [4.69, 9.17) is 10.2 Å². The van der Waals surface area contributed by atoms with Crippen LogP contribution in [0.2, 0.25) is 0 Å². The second kappa shape index (κ2) is 6.17. The third-order valence-corrected chi connectivity index (χ3v) is 4.44. The first-order valence-electron chi connectivity index (χ1n) is 6.15. The number of carboxylic acids is 1. The van der Waals surface area contributed by atoms with Gasteiger partial charge < -0.3 is 10.2 Å². The molecule has 0 saturated heterocycles. The number of carbonyl (C=O) groups is 1. The maximum Gasteiger partial charge on any atom is 0.321 e. The van der Waals surface area contributed by atoms with E-state index in [9.17, 15) is 13.2 Å². The van der Waals surface area contributed by atoms with Gasteiger partial charge in [0, 0.05) is 18.2 Å². The predicted octanol–water partition coefficient (Wildman–Crippen LogP) is 0.349. The number of aromatic nitrogens is 1. The minimum atomic E-state index is -4.04. The quantitative estimate of drug-likeness (QED) is 0.709. The lowest BCUT2D eigenvalue weighted by atomic mass is 10.2. The summed E-state index contributed by atoms with van der Waals surface area (Å²) in [5.41, 5.74) is 0.495. The predicted molar refractivity (Wildman–Crippen MR) is 75.2 cm³/mol. The van der Waals surface area contributed by atoms with Crippen LogP contribution in [0.5, 0.6) is 0 Å². The van der Waals surface area contributed by atoms with E-state index in [1.807, 2.05) is 0 Å². The summed E-state index contributed by atoms with van der Waals surface area (Å²) >= 11 is 0. The molecule has 0 aliphatic heterocycles. The molecular weight excluding hydrogens is 296 g/mol. The maximum atomic E-state index is 12.4. The van der Waals surface area contributed by atoms with E-state index in [1.54, 1.807) is 18.2 Å². The largest absolute Gasteiger partial charge is 0.480 e. The van der Waals surface area contributed by atoms with Crippen molar-refractivity contribution in [2.24, 2.45) is 0 Å². The topological polar surface area (TPSA) is 117 Å². The second-order valence-electron chi connectivity index (χ2n) is 4.35. The Morgan fingerprint density at radius 2 is 2.05 bits per heavy atom. The first-order valence-corrected chi connectivity index (χ1v) is 7.64. The zero-order chi connectivity index (χ0) is 15.5. The number of nitrogens with one attached hydrogen (secondary N) is 1. The number of pyridine rings is 1. The van der Waals surface area contributed by atoms with Crippen LogP contribution in [-0.4, -0.2) is 42.2 Å². The van der Waals surface area contributed by atoms with E-state index in [0.717, 1.165) is 0 Å². The monoisotopic (exact) mass is 310 g/mol. The number of aliphatic carboxylic acids is 1. The van der Waals surface area contributed by atoms with Crippen molar-refractivity contribution in [1.29, 1.82) is 0 Å². The van der Waals surface area contributed by atoms with E-state index in [2.05, 4.69) is 9.71 Å². The molecule has 1 aromatic heterocycles. The third-order valence-electron chi connectivity index (χ3n) is 2.91. The third kappa shape index (κ3) is 3.35.